The number of piperidine rings is 1. The van der Waals surface area contributed by atoms with Gasteiger partial charge in [-0.2, -0.15) is 0 Å². The number of rotatable bonds is 4. The van der Waals surface area contributed by atoms with Crippen molar-refractivity contribution in [2.75, 3.05) is 19.6 Å². The van der Waals surface area contributed by atoms with Gasteiger partial charge in [0.05, 0.1) is 0 Å². The van der Waals surface area contributed by atoms with Crippen LogP contribution >= 0.6 is 0 Å². The Morgan fingerprint density at radius 3 is 2.13 bits per heavy atom. The van der Waals surface area contributed by atoms with Gasteiger partial charge in [-0.05, 0) is 38.1 Å². The average Bonchev–Trinajstić information content (AvgIpc) is 3.36. The van der Waals surface area contributed by atoms with Gasteiger partial charge in [0, 0.05) is 25.2 Å². The fraction of sp³-hybridized carbons (Fsp3) is 0.562. The second-order valence-corrected chi connectivity index (χ2v) is 6.26. The highest BCUT2D eigenvalue weighted by Gasteiger charge is 2.31. The minimum atomic E-state index is -1.64. The molecule has 1 N–H and O–H groups in total. The van der Waals surface area contributed by atoms with Crippen LogP contribution < -0.4 is 5.32 Å². The van der Waals surface area contributed by atoms with Crippen LogP contribution in [0, 0.1) is 29.2 Å². The van der Waals surface area contributed by atoms with Crippen LogP contribution in [0.4, 0.5) is 17.6 Å². The summed E-state index contributed by atoms with van der Waals surface area (Å²) >= 11 is 0. The zero-order chi connectivity index (χ0) is 16.6. The van der Waals surface area contributed by atoms with Gasteiger partial charge in [-0.15, -0.1) is 0 Å². The lowest BCUT2D eigenvalue weighted by molar-refractivity contribution is 0.0692. The highest BCUT2D eigenvalue weighted by atomic mass is 19.2. The van der Waals surface area contributed by atoms with E-state index < -0.39 is 34.7 Å². The molecule has 2 fully saturated rings. The van der Waals surface area contributed by atoms with Gasteiger partial charge < -0.3 is 10.2 Å². The van der Waals surface area contributed by atoms with Crippen molar-refractivity contribution in [3.05, 3.63) is 34.9 Å². The predicted octanol–water partition coefficient (Wildman–Crippen LogP) is 2.85. The molecule has 1 aliphatic carbocycles. The number of carbonyl (C=O) groups is 1. The highest BCUT2D eigenvalue weighted by molar-refractivity contribution is 5.95. The Morgan fingerprint density at radius 1 is 1.04 bits per heavy atom. The summed E-state index contributed by atoms with van der Waals surface area (Å²) in [5.74, 6) is -6.65. The van der Waals surface area contributed by atoms with Crippen LogP contribution in [-0.4, -0.2) is 36.5 Å². The first-order chi connectivity index (χ1) is 11.0. The van der Waals surface area contributed by atoms with Gasteiger partial charge in [-0.25, -0.2) is 17.6 Å². The Hall–Kier alpha value is -1.63. The van der Waals surface area contributed by atoms with Crippen LogP contribution in [-0.2, 0) is 0 Å². The monoisotopic (exact) mass is 330 g/mol. The normalized spacial score (nSPS) is 19.2. The molecule has 7 heteroatoms. The van der Waals surface area contributed by atoms with E-state index in [2.05, 4.69) is 5.32 Å². The summed E-state index contributed by atoms with van der Waals surface area (Å²) in [5.41, 5.74) is -1.15. The number of hydrogen-bond donors (Lipinski definition) is 1. The summed E-state index contributed by atoms with van der Waals surface area (Å²) in [5, 5.41) is 3.42. The van der Waals surface area contributed by atoms with E-state index >= 15 is 0 Å². The molecule has 1 saturated carbocycles. The Labute approximate surface area is 131 Å². The van der Waals surface area contributed by atoms with Gasteiger partial charge in [-0.3, -0.25) is 4.79 Å². The minimum Gasteiger partial charge on any atom is -0.338 e. The Morgan fingerprint density at radius 2 is 1.61 bits per heavy atom. The molecule has 126 valence electrons. The highest BCUT2D eigenvalue weighted by Crippen LogP contribution is 2.28. The first-order valence-corrected chi connectivity index (χ1v) is 7.83. The lowest BCUT2D eigenvalue weighted by atomic mass is 10.0. The van der Waals surface area contributed by atoms with Crippen molar-refractivity contribution in [3.63, 3.8) is 0 Å². The summed E-state index contributed by atoms with van der Waals surface area (Å²) < 4.78 is 53.9. The summed E-state index contributed by atoms with van der Waals surface area (Å²) in [6, 6.07) is 0.369. The van der Waals surface area contributed by atoms with E-state index in [9.17, 15) is 22.4 Å². The second kappa shape index (κ2) is 6.47. The average molecular weight is 330 g/mol. The maximum atomic E-state index is 13.7. The van der Waals surface area contributed by atoms with E-state index in [0.29, 0.717) is 25.9 Å². The van der Waals surface area contributed by atoms with Crippen LogP contribution in [0.2, 0.25) is 0 Å². The quantitative estimate of drug-likeness (QED) is 0.680. The van der Waals surface area contributed by atoms with Crippen LogP contribution in [0.3, 0.4) is 0 Å². The smallest absolute Gasteiger partial charge is 0.260 e. The molecule has 1 amide bonds. The SMILES string of the molecule is O=C(c1c(F)c(F)cc(F)c1F)N1CCC(NCC2CC2)CC1. The predicted molar refractivity (Wildman–Crippen MR) is 75.9 cm³/mol. The van der Waals surface area contributed by atoms with E-state index in [1.807, 2.05) is 0 Å². The molecular weight excluding hydrogens is 312 g/mol. The number of halogens is 4. The Balaban J connectivity index is 1.65. The van der Waals surface area contributed by atoms with Crippen molar-refractivity contribution in [2.45, 2.75) is 31.7 Å². The molecule has 1 aliphatic heterocycles. The number of nitrogens with zero attached hydrogens (tertiary/aromatic N) is 1. The number of likely N-dealkylation sites (tertiary alicyclic amines) is 1. The van der Waals surface area contributed by atoms with Crippen molar-refractivity contribution in [2.24, 2.45) is 5.92 Å². The van der Waals surface area contributed by atoms with Crippen LogP contribution in [0.1, 0.15) is 36.0 Å². The molecule has 0 aromatic heterocycles. The van der Waals surface area contributed by atoms with Gasteiger partial charge >= 0.3 is 0 Å². The van der Waals surface area contributed by atoms with Crippen molar-refractivity contribution in [3.8, 4) is 0 Å². The zero-order valence-corrected chi connectivity index (χ0v) is 12.5. The largest absolute Gasteiger partial charge is 0.338 e. The topological polar surface area (TPSA) is 32.3 Å². The van der Waals surface area contributed by atoms with Crippen LogP contribution in [0.5, 0.6) is 0 Å². The standard InChI is InChI=1S/C16H18F4N2O/c17-11-7-12(18)15(20)13(14(11)19)16(23)22-5-3-10(4-6-22)21-8-9-1-2-9/h7,9-10,21H,1-6,8H2. The van der Waals surface area contributed by atoms with E-state index in [1.54, 1.807) is 0 Å². The lowest BCUT2D eigenvalue weighted by Crippen LogP contribution is -2.45. The second-order valence-electron chi connectivity index (χ2n) is 6.26. The van der Waals surface area contributed by atoms with Gasteiger partial charge in [0.1, 0.15) is 5.56 Å². The molecular formula is C16H18F4N2O. The number of hydrogen-bond acceptors (Lipinski definition) is 2. The molecule has 1 aromatic carbocycles. The molecule has 3 nitrogen and oxygen atoms in total. The van der Waals surface area contributed by atoms with Crippen LogP contribution in [0.15, 0.2) is 6.07 Å². The third-order valence-electron chi connectivity index (χ3n) is 4.50. The van der Waals surface area contributed by atoms with Crippen molar-refractivity contribution in [1.82, 2.24) is 10.2 Å². The summed E-state index contributed by atoms with van der Waals surface area (Å²) in [4.78, 5) is 13.5. The van der Waals surface area contributed by atoms with E-state index in [0.717, 1.165) is 12.5 Å². The minimum absolute atomic E-state index is 0.107. The maximum Gasteiger partial charge on any atom is 0.260 e. The third-order valence-corrected chi connectivity index (χ3v) is 4.50. The molecule has 0 unspecified atom stereocenters. The first-order valence-electron chi connectivity index (χ1n) is 7.83. The van der Waals surface area contributed by atoms with Gasteiger partial charge in [0.2, 0.25) is 0 Å². The summed E-state index contributed by atoms with van der Waals surface area (Å²) in [6.45, 7) is 1.56. The maximum absolute atomic E-state index is 13.7. The molecule has 0 spiro atoms. The van der Waals surface area contributed by atoms with Crippen LogP contribution in [0.25, 0.3) is 0 Å². The lowest BCUT2D eigenvalue weighted by Gasteiger charge is -2.32. The van der Waals surface area contributed by atoms with Crippen molar-refractivity contribution < 1.29 is 22.4 Å². The molecule has 0 bridgehead atoms. The zero-order valence-electron chi connectivity index (χ0n) is 12.5. The molecule has 1 aromatic rings. The molecule has 1 saturated heterocycles. The molecule has 0 radical (unpaired) electrons. The Kier molecular flexibility index (Phi) is 4.57. The number of carbonyl (C=O) groups excluding carboxylic acids is 1. The van der Waals surface area contributed by atoms with E-state index in [4.69, 9.17) is 0 Å². The fourth-order valence-electron chi connectivity index (χ4n) is 2.86. The molecule has 2 aliphatic rings. The summed E-state index contributed by atoms with van der Waals surface area (Å²) in [7, 11) is 0. The van der Waals surface area contributed by atoms with Gasteiger partial charge in [0.25, 0.3) is 5.91 Å². The fourth-order valence-corrected chi connectivity index (χ4v) is 2.86. The van der Waals surface area contributed by atoms with E-state index in [-0.39, 0.29) is 12.1 Å². The molecule has 1 heterocycles. The van der Waals surface area contributed by atoms with E-state index in [1.165, 1.54) is 17.7 Å². The molecule has 3 rings (SSSR count). The third kappa shape index (κ3) is 3.49. The van der Waals surface area contributed by atoms with Gasteiger partial charge in [0.15, 0.2) is 23.3 Å². The van der Waals surface area contributed by atoms with Crippen molar-refractivity contribution >= 4 is 5.91 Å². The molecule has 23 heavy (non-hydrogen) atoms. The van der Waals surface area contributed by atoms with Crippen molar-refractivity contribution in [1.29, 1.82) is 0 Å². The summed E-state index contributed by atoms with van der Waals surface area (Å²) in [6.07, 6.45) is 3.79. The van der Waals surface area contributed by atoms with Gasteiger partial charge in [-0.1, -0.05) is 0 Å². The molecule has 0 atom stereocenters. The Bertz CT molecular complexity index is 584. The first kappa shape index (κ1) is 16.2. The number of amides is 1. The number of benzene rings is 1. The number of nitrogens with one attached hydrogen (secondary N) is 1.